The molecule has 2 saturated heterocycles. The highest BCUT2D eigenvalue weighted by atomic mass is 79.9. The highest BCUT2D eigenvalue weighted by Gasteiger charge is 2.32. The van der Waals surface area contributed by atoms with Crippen LogP contribution >= 0.6 is 15.9 Å². The van der Waals surface area contributed by atoms with Gasteiger partial charge in [-0.15, -0.1) is 5.10 Å². The molecular weight excluding hydrogens is 478 g/mol. The van der Waals surface area contributed by atoms with Crippen molar-refractivity contribution in [3.05, 3.63) is 10.8 Å². The standard InChI is InChI=1S/C21H32BrN7O3/c1-14-12-27(20(30)32-21(2,3)4)9-10-28(14)18-17-23-11-16(22)29(17)25-19(24-18)31-13-15-7-6-8-26(15)5/h11,14-15H,6-10,12-13H2,1-5H3/t14-,15-/m0/s1. The van der Waals surface area contributed by atoms with E-state index >= 15 is 0 Å². The fourth-order valence-corrected chi connectivity index (χ4v) is 4.55. The molecule has 4 rings (SSSR count). The van der Waals surface area contributed by atoms with E-state index in [9.17, 15) is 4.79 Å². The van der Waals surface area contributed by atoms with E-state index in [2.05, 4.69) is 49.8 Å². The van der Waals surface area contributed by atoms with Crippen LogP contribution in [0.4, 0.5) is 10.6 Å². The minimum Gasteiger partial charge on any atom is -0.461 e. The lowest BCUT2D eigenvalue weighted by Crippen LogP contribution is -2.55. The number of imidazole rings is 1. The van der Waals surface area contributed by atoms with Crippen LogP contribution in [0.1, 0.15) is 40.5 Å². The summed E-state index contributed by atoms with van der Waals surface area (Å²) in [5, 5.41) is 4.53. The predicted octanol–water partition coefficient (Wildman–Crippen LogP) is 2.81. The van der Waals surface area contributed by atoms with Gasteiger partial charge in [0.2, 0.25) is 0 Å². The number of hydrogen-bond acceptors (Lipinski definition) is 8. The third-order valence-corrected chi connectivity index (χ3v) is 6.45. The maximum absolute atomic E-state index is 12.5. The number of carbonyl (C=O) groups is 1. The van der Waals surface area contributed by atoms with Crippen LogP contribution in [0, 0.1) is 0 Å². The number of amides is 1. The fraction of sp³-hybridized carbons (Fsp3) is 0.714. The topological polar surface area (TPSA) is 88.3 Å². The van der Waals surface area contributed by atoms with E-state index in [1.54, 1.807) is 15.6 Å². The summed E-state index contributed by atoms with van der Waals surface area (Å²) >= 11 is 3.52. The van der Waals surface area contributed by atoms with Crippen LogP contribution in [0.25, 0.3) is 5.65 Å². The molecule has 0 spiro atoms. The van der Waals surface area contributed by atoms with Gasteiger partial charge in [0.1, 0.15) is 16.8 Å². The minimum atomic E-state index is -0.516. The Labute approximate surface area is 197 Å². The van der Waals surface area contributed by atoms with Crippen molar-refractivity contribution in [3.8, 4) is 6.01 Å². The summed E-state index contributed by atoms with van der Waals surface area (Å²) in [6.45, 7) is 11.0. The van der Waals surface area contributed by atoms with E-state index in [4.69, 9.17) is 14.5 Å². The molecule has 2 atom stereocenters. The summed E-state index contributed by atoms with van der Waals surface area (Å²) in [5.74, 6) is 0.705. The van der Waals surface area contributed by atoms with Gasteiger partial charge in [0.25, 0.3) is 0 Å². The average Bonchev–Trinajstić information content (AvgIpc) is 3.30. The van der Waals surface area contributed by atoms with Crippen LogP contribution in [0.3, 0.4) is 0 Å². The van der Waals surface area contributed by atoms with E-state index in [1.807, 2.05) is 20.8 Å². The molecule has 2 aliphatic heterocycles. The molecule has 11 heteroatoms. The highest BCUT2D eigenvalue weighted by Crippen LogP contribution is 2.27. The quantitative estimate of drug-likeness (QED) is 0.621. The summed E-state index contributed by atoms with van der Waals surface area (Å²) < 4.78 is 14.0. The van der Waals surface area contributed by atoms with E-state index in [1.165, 1.54) is 6.42 Å². The van der Waals surface area contributed by atoms with Gasteiger partial charge < -0.3 is 24.2 Å². The third kappa shape index (κ3) is 4.93. The third-order valence-electron chi connectivity index (χ3n) is 5.91. The number of likely N-dealkylation sites (N-methyl/N-ethyl adjacent to an activating group) is 1. The van der Waals surface area contributed by atoms with Gasteiger partial charge in [-0.2, -0.15) is 9.50 Å². The molecule has 0 aliphatic carbocycles. The number of halogens is 1. The Morgan fingerprint density at radius 2 is 2.06 bits per heavy atom. The second-order valence-electron chi connectivity index (χ2n) is 9.59. The summed E-state index contributed by atoms with van der Waals surface area (Å²) in [4.78, 5) is 28.0. The van der Waals surface area contributed by atoms with Crippen molar-refractivity contribution in [2.75, 3.05) is 44.7 Å². The van der Waals surface area contributed by atoms with Crippen molar-refractivity contribution >= 4 is 33.5 Å². The molecular formula is C21H32BrN7O3. The van der Waals surface area contributed by atoms with Crippen LogP contribution in [-0.4, -0.2) is 93.0 Å². The molecule has 2 aromatic heterocycles. The largest absolute Gasteiger partial charge is 0.461 e. The minimum absolute atomic E-state index is 0.0271. The zero-order valence-corrected chi connectivity index (χ0v) is 21.0. The molecule has 0 saturated carbocycles. The van der Waals surface area contributed by atoms with Crippen molar-refractivity contribution in [1.29, 1.82) is 0 Å². The van der Waals surface area contributed by atoms with Crippen LogP contribution in [0.2, 0.25) is 0 Å². The van der Waals surface area contributed by atoms with Crippen LogP contribution in [0.15, 0.2) is 10.8 Å². The van der Waals surface area contributed by atoms with Crippen LogP contribution in [0.5, 0.6) is 6.01 Å². The lowest BCUT2D eigenvalue weighted by atomic mass is 10.2. The van der Waals surface area contributed by atoms with Gasteiger partial charge in [0.05, 0.1) is 6.20 Å². The van der Waals surface area contributed by atoms with Gasteiger partial charge >= 0.3 is 12.1 Å². The lowest BCUT2D eigenvalue weighted by Gasteiger charge is -2.40. The van der Waals surface area contributed by atoms with E-state index < -0.39 is 5.60 Å². The van der Waals surface area contributed by atoms with Gasteiger partial charge in [-0.25, -0.2) is 9.78 Å². The SMILES string of the molecule is C[C@H]1CN(C(=O)OC(C)(C)C)CCN1c1nc(OC[C@@H]2CCCN2C)nn2c(Br)cnc12. The molecule has 0 unspecified atom stereocenters. The Balaban J connectivity index is 1.53. The van der Waals surface area contributed by atoms with E-state index in [0.29, 0.717) is 49.8 Å². The number of aromatic nitrogens is 4. The van der Waals surface area contributed by atoms with Crippen molar-refractivity contribution in [3.63, 3.8) is 0 Å². The van der Waals surface area contributed by atoms with E-state index in [-0.39, 0.29) is 12.1 Å². The van der Waals surface area contributed by atoms with Crippen molar-refractivity contribution in [2.45, 2.75) is 58.2 Å². The fourth-order valence-electron chi connectivity index (χ4n) is 4.20. The van der Waals surface area contributed by atoms with Crippen molar-refractivity contribution in [2.24, 2.45) is 0 Å². The Morgan fingerprint density at radius 1 is 1.28 bits per heavy atom. The first-order valence-corrected chi connectivity index (χ1v) is 11.9. The smallest absolute Gasteiger partial charge is 0.410 e. The maximum Gasteiger partial charge on any atom is 0.410 e. The molecule has 10 nitrogen and oxygen atoms in total. The van der Waals surface area contributed by atoms with Gasteiger partial charge in [0.15, 0.2) is 11.5 Å². The van der Waals surface area contributed by atoms with Crippen LogP contribution in [-0.2, 0) is 4.74 Å². The molecule has 2 aliphatic rings. The van der Waals surface area contributed by atoms with Crippen LogP contribution < -0.4 is 9.64 Å². The molecule has 0 N–H and O–H groups in total. The predicted molar refractivity (Wildman–Crippen MR) is 124 cm³/mol. The molecule has 0 bridgehead atoms. The molecule has 2 fully saturated rings. The number of ether oxygens (including phenoxy) is 2. The summed E-state index contributed by atoms with van der Waals surface area (Å²) in [5.41, 5.74) is 0.137. The number of fused-ring (bicyclic) bond motifs is 1. The van der Waals surface area contributed by atoms with E-state index in [0.717, 1.165) is 17.6 Å². The van der Waals surface area contributed by atoms with Crippen molar-refractivity contribution < 1.29 is 14.3 Å². The summed E-state index contributed by atoms with van der Waals surface area (Å²) in [6, 6.07) is 0.729. The van der Waals surface area contributed by atoms with Gasteiger partial charge in [-0.05, 0) is 70.1 Å². The molecule has 32 heavy (non-hydrogen) atoms. The Kier molecular flexibility index (Phi) is 6.49. The van der Waals surface area contributed by atoms with Gasteiger partial charge in [-0.1, -0.05) is 0 Å². The average molecular weight is 510 g/mol. The number of carbonyl (C=O) groups excluding carboxylic acids is 1. The Bertz CT molecular complexity index is 976. The number of hydrogen-bond donors (Lipinski definition) is 0. The first-order chi connectivity index (χ1) is 15.1. The molecule has 176 valence electrons. The number of likely N-dealkylation sites (tertiary alicyclic amines) is 1. The number of nitrogens with zero attached hydrogens (tertiary/aromatic N) is 7. The zero-order valence-electron chi connectivity index (χ0n) is 19.4. The Morgan fingerprint density at radius 3 is 2.72 bits per heavy atom. The van der Waals surface area contributed by atoms with Crippen molar-refractivity contribution in [1.82, 2.24) is 29.4 Å². The number of piperazine rings is 1. The Hall–Kier alpha value is -2.14. The molecule has 0 radical (unpaired) electrons. The normalized spacial score (nSPS) is 22.6. The second kappa shape index (κ2) is 9.01. The monoisotopic (exact) mass is 509 g/mol. The summed E-state index contributed by atoms with van der Waals surface area (Å²) in [6.07, 6.45) is 3.72. The first-order valence-electron chi connectivity index (χ1n) is 11.1. The van der Waals surface area contributed by atoms with Gasteiger partial charge in [0, 0.05) is 31.7 Å². The van der Waals surface area contributed by atoms with Gasteiger partial charge in [-0.3, -0.25) is 0 Å². The molecule has 2 aromatic rings. The number of rotatable bonds is 4. The highest BCUT2D eigenvalue weighted by molar-refractivity contribution is 9.10. The second-order valence-corrected chi connectivity index (χ2v) is 10.4. The zero-order chi connectivity index (χ0) is 23.0. The molecule has 4 heterocycles. The molecule has 1 amide bonds. The lowest BCUT2D eigenvalue weighted by molar-refractivity contribution is 0.0218. The molecule has 0 aromatic carbocycles. The maximum atomic E-state index is 12.5. The summed E-state index contributed by atoms with van der Waals surface area (Å²) in [7, 11) is 2.12. The number of anilines is 1. The first kappa shape index (κ1) is 23.0.